The van der Waals surface area contributed by atoms with E-state index in [-0.39, 0.29) is 17.3 Å². The van der Waals surface area contributed by atoms with Gasteiger partial charge < -0.3 is 15.8 Å². The first-order chi connectivity index (χ1) is 9.90. The van der Waals surface area contributed by atoms with Crippen LogP contribution in [0.15, 0.2) is 23.1 Å². The minimum atomic E-state index is -3.54. The SMILES string of the molecule is CCNS(=O)(=O)c1ccc(N)c(NCCC(=O)OCC)c1. The van der Waals surface area contributed by atoms with Crippen molar-refractivity contribution < 1.29 is 17.9 Å². The van der Waals surface area contributed by atoms with Gasteiger partial charge in [0.05, 0.1) is 29.3 Å². The number of anilines is 2. The van der Waals surface area contributed by atoms with Gasteiger partial charge in [0.2, 0.25) is 10.0 Å². The number of benzene rings is 1. The number of ether oxygens (including phenoxy) is 1. The summed E-state index contributed by atoms with van der Waals surface area (Å²) in [5, 5.41) is 2.94. The van der Waals surface area contributed by atoms with Crippen molar-refractivity contribution in [2.24, 2.45) is 0 Å². The highest BCUT2D eigenvalue weighted by molar-refractivity contribution is 7.89. The molecule has 0 aliphatic carbocycles. The normalized spacial score (nSPS) is 11.1. The summed E-state index contributed by atoms with van der Waals surface area (Å²) in [5.74, 6) is -0.319. The van der Waals surface area contributed by atoms with Gasteiger partial charge in [-0.2, -0.15) is 0 Å². The molecule has 0 aliphatic rings. The number of esters is 1. The van der Waals surface area contributed by atoms with Crippen molar-refractivity contribution in [2.75, 3.05) is 30.7 Å². The van der Waals surface area contributed by atoms with Crippen LogP contribution < -0.4 is 15.8 Å². The molecule has 1 aromatic carbocycles. The van der Waals surface area contributed by atoms with E-state index in [1.807, 2.05) is 0 Å². The first-order valence-electron chi connectivity index (χ1n) is 6.69. The number of hydrogen-bond donors (Lipinski definition) is 3. The van der Waals surface area contributed by atoms with Crippen molar-refractivity contribution in [3.05, 3.63) is 18.2 Å². The number of sulfonamides is 1. The molecule has 0 bridgehead atoms. The Morgan fingerprint density at radius 1 is 1.33 bits per heavy atom. The molecule has 0 spiro atoms. The maximum atomic E-state index is 11.9. The molecule has 0 saturated heterocycles. The largest absolute Gasteiger partial charge is 0.466 e. The van der Waals surface area contributed by atoms with Gasteiger partial charge in [-0.3, -0.25) is 4.79 Å². The Hall–Kier alpha value is -1.80. The second-order valence-corrected chi connectivity index (χ2v) is 6.00. The Morgan fingerprint density at radius 3 is 2.67 bits per heavy atom. The molecular formula is C13H21N3O4S. The van der Waals surface area contributed by atoms with Crippen LogP contribution in [0.25, 0.3) is 0 Å². The minimum Gasteiger partial charge on any atom is -0.466 e. The first kappa shape index (κ1) is 17.3. The number of carbonyl (C=O) groups excluding carboxylic acids is 1. The quantitative estimate of drug-likeness (QED) is 0.486. The Morgan fingerprint density at radius 2 is 2.05 bits per heavy atom. The average Bonchev–Trinajstić information content (AvgIpc) is 2.41. The van der Waals surface area contributed by atoms with E-state index in [0.29, 0.717) is 31.1 Å². The molecule has 1 rings (SSSR count). The van der Waals surface area contributed by atoms with Crippen LogP contribution in [-0.4, -0.2) is 34.1 Å². The van der Waals surface area contributed by atoms with E-state index >= 15 is 0 Å². The Balaban J connectivity index is 2.77. The van der Waals surface area contributed by atoms with Gasteiger partial charge in [-0.25, -0.2) is 13.1 Å². The van der Waals surface area contributed by atoms with Crippen LogP contribution >= 0.6 is 0 Å². The van der Waals surface area contributed by atoms with E-state index in [2.05, 4.69) is 10.0 Å². The second-order valence-electron chi connectivity index (χ2n) is 4.23. The average molecular weight is 315 g/mol. The monoisotopic (exact) mass is 315 g/mol. The van der Waals surface area contributed by atoms with Crippen molar-refractivity contribution >= 4 is 27.4 Å². The number of nitrogens with one attached hydrogen (secondary N) is 2. The van der Waals surface area contributed by atoms with Gasteiger partial charge >= 0.3 is 5.97 Å². The molecule has 0 heterocycles. The van der Waals surface area contributed by atoms with Gasteiger partial charge in [0, 0.05) is 13.1 Å². The topological polar surface area (TPSA) is 111 Å². The summed E-state index contributed by atoms with van der Waals surface area (Å²) in [6.07, 6.45) is 0.178. The molecule has 8 heteroatoms. The Bertz CT molecular complexity index is 587. The third-order valence-corrected chi connectivity index (χ3v) is 4.16. The summed E-state index contributed by atoms with van der Waals surface area (Å²) in [4.78, 5) is 11.4. The lowest BCUT2D eigenvalue weighted by atomic mass is 10.2. The fourth-order valence-corrected chi connectivity index (χ4v) is 2.73. The number of hydrogen-bond acceptors (Lipinski definition) is 6. The van der Waals surface area contributed by atoms with Crippen molar-refractivity contribution in [1.29, 1.82) is 0 Å². The molecule has 0 amide bonds. The van der Waals surface area contributed by atoms with Crippen LogP contribution in [-0.2, 0) is 19.6 Å². The molecule has 1 aromatic rings. The van der Waals surface area contributed by atoms with Gasteiger partial charge in [-0.1, -0.05) is 6.92 Å². The summed E-state index contributed by atoms with van der Waals surface area (Å²) in [6, 6.07) is 4.39. The van der Waals surface area contributed by atoms with E-state index in [4.69, 9.17) is 10.5 Å². The fourth-order valence-electron chi connectivity index (χ4n) is 1.66. The van der Waals surface area contributed by atoms with Gasteiger partial charge in [0.1, 0.15) is 0 Å². The van der Waals surface area contributed by atoms with Gasteiger partial charge in [-0.05, 0) is 25.1 Å². The molecule has 21 heavy (non-hydrogen) atoms. The molecule has 0 radical (unpaired) electrons. The predicted octanol–water partition coefficient (Wildman–Crippen LogP) is 0.932. The molecule has 0 saturated carbocycles. The molecule has 0 fully saturated rings. The number of carbonyl (C=O) groups is 1. The molecular weight excluding hydrogens is 294 g/mol. The van der Waals surface area contributed by atoms with Crippen LogP contribution in [0, 0.1) is 0 Å². The van der Waals surface area contributed by atoms with Crippen LogP contribution in [0.2, 0.25) is 0 Å². The lowest BCUT2D eigenvalue weighted by Gasteiger charge is -2.11. The maximum absolute atomic E-state index is 11.9. The smallest absolute Gasteiger partial charge is 0.307 e. The zero-order valence-electron chi connectivity index (χ0n) is 12.2. The predicted molar refractivity (Wildman–Crippen MR) is 81.5 cm³/mol. The summed E-state index contributed by atoms with van der Waals surface area (Å²) in [6.45, 7) is 4.38. The summed E-state index contributed by atoms with van der Waals surface area (Å²) in [7, 11) is -3.54. The van der Waals surface area contributed by atoms with E-state index in [1.54, 1.807) is 13.8 Å². The van der Waals surface area contributed by atoms with Crippen LogP contribution in [0.4, 0.5) is 11.4 Å². The van der Waals surface area contributed by atoms with Gasteiger partial charge in [-0.15, -0.1) is 0 Å². The summed E-state index contributed by atoms with van der Waals surface area (Å²) >= 11 is 0. The molecule has 0 aliphatic heterocycles. The number of rotatable bonds is 8. The first-order valence-corrected chi connectivity index (χ1v) is 8.17. The molecule has 0 unspecified atom stereocenters. The van der Waals surface area contributed by atoms with Gasteiger partial charge in [0.15, 0.2) is 0 Å². The summed E-state index contributed by atoms with van der Waals surface area (Å²) < 4.78 is 31.0. The lowest BCUT2D eigenvalue weighted by Crippen LogP contribution is -2.23. The van der Waals surface area contributed by atoms with Crippen LogP contribution in [0.3, 0.4) is 0 Å². The number of nitrogens with two attached hydrogens (primary N) is 1. The highest BCUT2D eigenvalue weighted by atomic mass is 32.2. The van der Waals surface area contributed by atoms with E-state index in [0.717, 1.165) is 0 Å². The molecule has 4 N–H and O–H groups in total. The zero-order chi connectivity index (χ0) is 15.9. The molecule has 0 aromatic heterocycles. The van der Waals surface area contributed by atoms with Crippen LogP contribution in [0.5, 0.6) is 0 Å². The number of nitrogen functional groups attached to an aromatic ring is 1. The molecule has 118 valence electrons. The fraction of sp³-hybridized carbons (Fsp3) is 0.462. The molecule has 0 atom stereocenters. The molecule has 7 nitrogen and oxygen atoms in total. The second kappa shape index (κ2) is 7.84. The van der Waals surface area contributed by atoms with E-state index < -0.39 is 10.0 Å². The lowest BCUT2D eigenvalue weighted by molar-refractivity contribution is -0.142. The van der Waals surface area contributed by atoms with Crippen molar-refractivity contribution in [3.63, 3.8) is 0 Å². The highest BCUT2D eigenvalue weighted by Gasteiger charge is 2.14. The van der Waals surface area contributed by atoms with Gasteiger partial charge in [0.25, 0.3) is 0 Å². The van der Waals surface area contributed by atoms with E-state index in [9.17, 15) is 13.2 Å². The Kier molecular flexibility index (Phi) is 6.44. The van der Waals surface area contributed by atoms with Crippen LogP contribution in [0.1, 0.15) is 20.3 Å². The van der Waals surface area contributed by atoms with Crippen molar-refractivity contribution in [3.8, 4) is 0 Å². The summed E-state index contributed by atoms with van der Waals surface area (Å²) in [5.41, 5.74) is 6.67. The third kappa shape index (κ3) is 5.24. The highest BCUT2D eigenvalue weighted by Crippen LogP contribution is 2.22. The standard InChI is InChI=1S/C13H21N3O4S/c1-3-16-21(18,19)10-5-6-11(14)12(9-10)15-8-7-13(17)20-4-2/h5-6,9,15-16H,3-4,7-8,14H2,1-2H3. The Labute approximate surface area is 124 Å². The maximum Gasteiger partial charge on any atom is 0.307 e. The van der Waals surface area contributed by atoms with E-state index in [1.165, 1.54) is 18.2 Å². The zero-order valence-corrected chi connectivity index (χ0v) is 13.0. The third-order valence-electron chi connectivity index (χ3n) is 2.62. The van der Waals surface area contributed by atoms with Crippen molar-refractivity contribution in [2.45, 2.75) is 25.2 Å². The van der Waals surface area contributed by atoms with Crippen molar-refractivity contribution in [1.82, 2.24) is 4.72 Å². The minimum absolute atomic E-state index is 0.122.